The maximum Gasteiger partial charge on any atom is 0.119 e. The number of piperidine rings is 1. The van der Waals surface area contributed by atoms with Gasteiger partial charge in [0.1, 0.15) is 5.75 Å². The minimum absolute atomic E-state index is 0.796. The lowest BCUT2D eigenvalue weighted by atomic mass is 9.83. The van der Waals surface area contributed by atoms with Crippen LogP contribution in [0.5, 0.6) is 5.75 Å². The molecule has 1 aromatic carbocycles. The van der Waals surface area contributed by atoms with Crippen molar-refractivity contribution in [3.63, 3.8) is 0 Å². The van der Waals surface area contributed by atoms with E-state index in [1.165, 1.54) is 87.5 Å². The van der Waals surface area contributed by atoms with E-state index in [9.17, 15) is 0 Å². The molecule has 1 aliphatic carbocycles. The van der Waals surface area contributed by atoms with Crippen molar-refractivity contribution >= 4 is 15.9 Å². The van der Waals surface area contributed by atoms with E-state index >= 15 is 0 Å². The van der Waals surface area contributed by atoms with Crippen LogP contribution in [0.2, 0.25) is 0 Å². The molecule has 2 fully saturated rings. The number of methoxy groups -OCH3 is 1. The Bertz CT molecular complexity index is 578. The van der Waals surface area contributed by atoms with Crippen molar-refractivity contribution in [3.8, 4) is 5.75 Å². The fraction of sp³-hybridized carbons (Fsp3) is 0.750. The van der Waals surface area contributed by atoms with Crippen molar-refractivity contribution in [3.05, 3.63) is 28.2 Å². The van der Waals surface area contributed by atoms with Crippen LogP contribution in [-0.2, 0) is 6.42 Å². The molecule has 0 radical (unpaired) electrons. The summed E-state index contributed by atoms with van der Waals surface area (Å²) in [5.41, 5.74) is 1.39. The molecule has 0 amide bonds. The van der Waals surface area contributed by atoms with Crippen molar-refractivity contribution in [1.82, 2.24) is 10.2 Å². The van der Waals surface area contributed by atoms with Gasteiger partial charge in [0.15, 0.2) is 0 Å². The average molecular weight is 451 g/mol. The van der Waals surface area contributed by atoms with Gasteiger partial charge >= 0.3 is 0 Å². The Labute approximate surface area is 180 Å². The van der Waals surface area contributed by atoms with Gasteiger partial charge in [0.25, 0.3) is 0 Å². The zero-order valence-corrected chi connectivity index (χ0v) is 19.5. The summed E-state index contributed by atoms with van der Waals surface area (Å²) >= 11 is 3.71. The number of ether oxygens (including phenoxy) is 1. The molecule has 0 bridgehead atoms. The Balaban J connectivity index is 1.32. The van der Waals surface area contributed by atoms with Gasteiger partial charge in [-0.2, -0.15) is 0 Å². The van der Waals surface area contributed by atoms with Crippen LogP contribution in [0.4, 0.5) is 0 Å². The zero-order valence-electron chi connectivity index (χ0n) is 17.9. The van der Waals surface area contributed by atoms with Gasteiger partial charge in [-0.15, -0.1) is 0 Å². The van der Waals surface area contributed by atoms with Crippen LogP contribution in [0.1, 0.15) is 63.9 Å². The van der Waals surface area contributed by atoms with E-state index in [2.05, 4.69) is 45.2 Å². The fourth-order valence-electron chi connectivity index (χ4n) is 5.11. The molecule has 1 N–H and O–H groups in total. The third kappa shape index (κ3) is 6.74. The highest BCUT2D eigenvalue weighted by Gasteiger charge is 2.22. The van der Waals surface area contributed by atoms with Gasteiger partial charge in [0.05, 0.1) is 7.11 Å². The number of benzene rings is 1. The molecule has 28 heavy (non-hydrogen) atoms. The first-order valence-electron chi connectivity index (χ1n) is 11.5. The zero-order chi connectivity index (χ0) is 19.8. The number of rotatable bonds is 9. The topological polar surface area (TPSA) is 24.5 Å². The van der Waals surface area contributed by atoms with Crippen LogP contribution in [-0.4, -0.2) is 44.2 Å². The van der Waals surface area contributed by atoms with Crippen LogP contribution >= 0.6 is 15.9 Å². The van der Waals surface area contributed by atoms with Gasteiger partial charge in [-0.3, -0.25) is 0 Å². The molecular weight excluding hydrogens is 412 g/mol. The number of nitrogens with one attached hydrogen (secondary N) is 1. The van der Waals surface area contributed by atoms with E-state index < -0.39 is 0 Å². The normalized spacial score (nSPS) is 24.4. The minimum atomic E-state index is 0.796. The predicted molar refractivity (Wildman–Crippen MR) is 122 cm³/mol. The second-order valence-corrected chi connectivity index (χ2v) is 9.72. The molecule has 1 saturated heterocycles. The molecule has 1 aromatic rings. The third-order valence-corrected chi connectivity index (χ3v) is 7.67. The Hall–Kier alpha value is -0.580. The Morgan fingerprint density at radius 1 is 1.07 bits per heavy atom. The molecule has 1 heterocycles. The van der Waals surface area contributed by atoms with Crippen molar-refractivity contribution in [2.45, 2.75) is 70.8 Å². The van der Waals surface area contributed by atoms with Crippen molar-refractivity contribution in [2.75, 3.05) is 33.3 Å². The third-order valence-electron chi connectivity index (χ3n) is 6.89. The van der Waals surface area contributed by atoms with E-state index in [0.29, 0.717) is 0 Å². The van der Waals surface area contributed by atoms with Crippen molar-refractivity contribution < 1.29 is 4.74 Å². The first-order valence-corrected chi connectivity index (χ1v) is 12.2. The van der Waals surface area contributed by atoms with Gasteiger partial charge in [-0.1, -0.05) is 22.9 Å². The molecular formula is C24H39BrN2O. The van der Waals surface area contributed by atoms with Crippen LogP contribution in [0.3, 0.4) is 0 Å². The average Bonchev–Trinajstić information content (AvgIpc) is 2.72. The standard InChI is InChI=1S/C24H39BrN2O/c1-3-26-22-8-6-19(7-9-22)5-4-14-27-15-12-20(13-16-27)17-21-18-23(28-2)10-11-24(21)25/h10-11,18-20,22,26H,3-9,12-17H2,1-2H3/t19-,22-. The Morgan fingerprint density at radius 2 is 1.82 bits per heavy atom. The number of likely N-dealkylation sites (tertiary alicyclic amines) is 1. The van der Waals surface area contributed by atoms with Crippen LogP contribution in [0, 0.1) is 11.8 Å². The summed E-state index contributed by atoms with van der Waals surface area (Å²) in [5.74, 6) is 2.76. The highest BCUT2D eigenvalue weighted by atomic mass is 79.9. The summed E-state index contributed by atoms with van der Waals surface area (Å²) in [5, 5.41) is 3.63. The molecule has 0 atom stereocenters. The summed E-state index contributed by atoms with van der Waals surface area (Å²) < 4.78 is 6.62. The lowest BCUT2D eigenvalue weighted by Crippen LogP contribution is -2.35. The fourth-order valence-corrected chi connectivity index (χ4v) is 5.52. The molecule has 3 nitrogen and oxygen atoms in total. The van der Waals surface area contributed by atoms with E-state index in [4.69, 9.17) is 4.74 Å². The lowest BCUT2D eigenvalue weighted by molar-refractivity contribution is 0.174. The van der Waals surface area contributed by atoms with E-state index in [1.807, 2.05) is 6.07 Å². The SMILES string of the molecule is CCN[C@H]1CC[C@H](CCCN2CCC(Cc3cc(OC)ccc3Br)CC2)CC1. The maximum atomic E-state index is 5.40. The molecule has 0 unspecified atom stereocenters. The minimum Gasteiger partial charge on any atom is -0.497 e. The first kappa shape index (κ1) is 22.1. The number of hydrogen-bond acceptors (Lipinski definition) is 3. The monoisotopic (exact) mass is 450 g/mol. The molecule has 2 aliphatic rings. The van der Waals surface area contributed by atoms with Crippen LogP contribution < -0.4 is 10.1 Å². The Kier molecular flexibility index (Phi) is 9.13. The quantitative estimate of drug-likeness (QED) is 0.524. The number of hydrogen-bond donors (Lipinski definition) is 1. The van der Waals surface area contributed by atoms with Gasteiger partial charge in [0, 0.05) is 10.5 Å². The van der Waals surface area contributed by atoms with Gasteiger partial charge in [-0.25, -0.2) is 0 Å². The molecule has 3 rings (SSSR count). The molecule has 1 aliphatic heterocycles. The van der Waals surface area contributed by atoms with Gasteiger partial charge in [-0.05, 0) is 120 Å². The first-order chi connectivity index (χ1) is 13.7. The molecule has 1 saturated carbocycles. The summed E-state index contributed by atoms with van der Waals surface area (Å²) in [6, 6.07) is 7.14. The predicted octanol–water partition coefficient (Wildman–Crippen LogP) is 5.66. The summed E-state index contributed by atoms with van der Waals surface area (Å²) in [6.07, 6.45) is 12.3. The van der Waals surface area contributed by atoms with Gasteiger partial charge < -0.3 is 15.0 Å². The van der Waals surface area contributed by atoms with Crippen LogP contribution in [0.25, 0.3) is 0 Å². The second-order valence-electron chi connectivity index (χ2n) is 8.86. The molecule has 0 aromatic heterocycles. The smallest absolute Gasteiger partial charge is 0.119 e. The highest BCUT2D eigenvalue weighted by Crippen LogP contribution is 2.30. The van der Waals surface area contributed by atoms with E-state index in [0.717, 1.165) is 30.2 Å². The van der Waals surface area contributed by atoms with Crippen molar-refractivity contribution in [1.29, 1.82) is 0 Å². The van der Waals surface area contributed by atoms with E-state index in [1.54, 1.807) is 7.11 Å². The largest absolute Gasteiger partial charge is 0.497 e. The maximum absolute atomic E-state index is 5.40. The van der Waals surface area contributed by atoms with Crippen LogP contribution in [0.15, 0.2) is 22.7 Å². The van der Waals surface area contributed by atoms with E-state index in [-0.39, 0.29) is 0 Å². The Morgan fingerprint density at radius 3 is 2.50 bits per heavy atom. The second kappa shape index (κ2) is 11.6. The summed E-state index contributed by atoms with van der Waals surface area (Å²) in [7, 11) is 1.75. The summed E-state index contributed by atoms with van der Waals surface area (Å²) in [4.78, 5) is 2.71. The number of nitrogens with zero attached hydrogens (tertiary/aromatic N) is 1. The summed E-state index contributed by atoms with van der Waals surface area (Å²) in [6.45, 7) is 7.21. The highest BCUT2D eigenvalue weighted by molar-refractivity contribution is 9.10. The molecule has 158 valence electrons. The lowest BCUT2D eigenvalue weighted by Gasteiger charge is -2.33. The molecule has 0 spiro atoms. The molecule has 4 heteroatoms. The number of halogens is 1. The van der Waals surface area contributed by atoms with Gasteiger partial charge in [0.2, 0.25) is 0 Å². The van der Waals surface area contributed by atoms with Crippen molar-refractivity contribution in [2.24, 2.45) is 11.8 Å².